The predicted octanol–water partition coefficient (Wildman–Crippen LogP) is -5.61. The molecule has 418 valence electrons. The summed E-state index contributed by atoms with van der Waals surface area (Å²) in [6, 6.07) is 0. The fourth-order valence-corrected chi connectivity index (χ4v) is 7.18. The van der Waals surface area contributed by atoms with Gasteiger partial charge in [-0.15, -0.1) is 0 Å². The largest absolute Gasteiger partial charge is 0.506 e. The van der Waals surface area contributed by atoms with Crippen molar-refractivity contribution in [2.45, 2.75) is 125 Å². The van der Waals surface area contributed by atoms with Gasteiger partial charge in [-0.1, -0.05) is 0 Å². The highest BCUT2D eigenvalue weighted by Crippen LogP contribution is 2.31. The fraction of sp³-hybridized carbons (Fsp3) is 0.750. The standard InChI is InChI=1S/C40H69N3O29/c41-43-8-6-42(7-9-43)15-21-34-27(54)33(60)40(71-21)70-20(5-14-48)26(53)31(58)38(64)68-18(3-12-46)24(51)29(56)36(62)66-16(1-10-44)22(49)28(55)35(61)67-17(2-11-45)23(50)30(57)37(63)69-19(4-13-47)25(52)32(59)39(65)72-34/h16-21,27,33-40,44-65H,1-15,41H2/b28-22-,29-24+,30-23-,31-26+,32-25+. The van der Waals surface area contributed by atoms with Crippen molar-refractivity contribution in [1.29, 1.82) is 0 Å². The van der Waals surface area contributed by atoms with Crippen molar-refractivity contribution in [1.82, 2.24) is 9.91 Å². The smallest absolute Gasteiger partial charge is 0.218 e. The molecule has 2 saturated heterocycles. The fourth-order valence-electron chi connectivity index (χ4n) is 7.18. The van der Waals surface area contributed by atoms with E-state index < -0.39 is 215 Å². The molecule has 32 nitrogen and oxygen atoms in total. The molecule has 15 atom stereocenters. The minimum Gasteiger partial charge on any atom is -0.506 e. The molecule has 0 aromatic rings. The maximum atomic E-state index is 11.4. The molecule has 4 aliphatic heterocycles. The Kier molecular flexibility index (Phi) is 25.6. The van der Waals surface area contributed by atoms with Crippen LogP contribution in [0.2, 0.25) is 0 Å². The number of piperazine rings is 1. The molecule has 0 aliphatic carbocycles. The molecular formula is C40H69N3O29. The van der Waals surface area contributed by atoms with Crippen LogP contribution in [0.15, 0.2) is 57.6 Å². The molecule has 0 saturated carbocycles. The Bertz CT molecular complexity index is 1830. The lowest BCUT2D eigenvalue weighted by Crippen LogP contribution is -2.63. The van der Waals surface area contributed by atoms with Crippen molar-refractivity contribution in [3.8, 4) is 0 Å². The molecule has 2 bridgehead atoms. The van der Waals surface area contributed by atoms with Gasteiger partial charge in [-0.3, -0.25) is 10.7 Å². The van der Waals surface area contributed by atoms with E-state index in [2.05, 4.69) is 0 Å². The number of aliphatic hydroxyl groups excluding tert-OH is 22. The molecule has 4 aliphatic rings. The highest BCUT2D eigenvalue weighted by Gasteiger charge is 2.49. The number of nitrogens with two attached hydrogens (primary N) is 1. The summed E-state index contributed by atoms with van der Waals surface area (Å²) < 4.78 is 37.5. The first-order chi connectivity index (χ1) is 34.0. The second-order valence-electron chi connectivity index (χ2n) is 16.3. The summed E-state index contributed by atoms with van der Waals surface area (Å²) in [5.41, 5.74) is 0. The maximum Gasteiger partial charge on any atom is 0.218 e. The van der Waals surface area contributed by atoms with Crippen LogP contribution in [0.3, 0.4) is 0 Å². The average molecular weight is 1060 g/mol. The summed E-state index contributed by atoms with van der Waals surface area (Å²) in [6.07, 6.45) is -38.0. The van der Waals surface area contributed by atoms with Crippen LogP contribution in [0.1, 0.15) is 32.1 Å². The Morgan fingerprint density at radius 2 is 0.639 bits per heavy atom. The monoisotopic (exact) mass is 1060 g/mol. The van der Waals surface area contributed by atoms with E-state index in [1.54, 1.807) is 4.90 Å². The lowest BCUT2D eigenvalue weighted by molar-refractivity contribution is -0.327. The second kappa shape index (κ2) is 29.6. The Labute approximate surface area is 409 Å². The number of hydrogen-bond donors (Lipinski definition) is 23. The number of fused-ring (bicyclic) bond motifs is 22. The summed E-state index contributed by atoms with van der Waals surface area (Å²) in [4.78, 5) is 1.71. The normalized spacial score (nSPS) is 40.3. The first kappa shape index (κ1) is 62.1. The topological polar surface area (TPSA) is 542 Å². The number of hydrogen-bond acceptors (Lipinski definition) is 32. The summed E-state index contributed by atoms with van der Waals surface area (Å²) in [7, 11) is 0. The average Bonchev–Trinajstić information content (AvgIpc) is 3.35. The summed E-state index contributed by atoms with van der Waals surface area (Å²) in [5, 5.41) is 235. The number of rotatable bonds is 12. The van der Waals surface area contributed by atoms with Gasteiger partial charge in [0.2, 0.25) is 31.5 Å². The van der Waals surface area contributed by atoms with Gasteiger partial charge in [0.25, 0.3) is 0 Å². The molecule has 0 spiro atoms. The van der Waals surface area contributed by atoms with Crippen LogP contribution in [0, 0.1) is 0 Å². The van der Waals surface area contributed by atoms with Crippen LogP contribution >= 0.6 is 0 Å². The summed E-state index contributed by atoms with van der Waals surface area (Å²) in [5.74, 6) is -9.18. The lowest BCUT2D eigenvalue weighted by atomic mass is 9.97. The van der Waals surface area contributed by atoms with E-state index in [0.29, 0.717) is 13.1 Å². The van der Waals surface area contributed by atoms with Gasteiger partial charge in [0, 0.05) is 97.9 Å². The second-order valence-corrected chi connectivity index (χ2v) is 16.3. The predicted molar refractivity (Wildman–Crippen MR) is 232 cm³/mol. The molecule has 72 heavy (non-hydrogen) atoms. The van der Waals surface area contributed by atoms with Gasteiger partial charge in [0.15, 0.2) is 63.9 Å². The first-order valence-electron chi connectivity index (χ1n) is 22.2. The van der Waals surface area contributed by atoms with Gasteiger partial charge in [0.1, 0.15) is 54.9 Å². The zero-order chi connectivity index (χ0) is 54.1. The Hall–Kier alpha value is -4.18. The highest BCUT2D eigenvalue weighted by molar-refractivity contribution is 5.14. The van der Waals surface area contributed by atoms with Gasteiger partial charge in [-0.05, 0) is 0 Å². The Balaban J connectivity index is 2.24. The molecule has 0 aromatic heterocycles. The van der Waals surface area contributed by atoms with Gasteiger partial charge in [0.05, 0.1) is 0 Å². The number of aliphatic hydroxyl groups is 22. The van der Waals surface area contributed by atoms with Crippen molar-refractivity contribution in [3.05, 3.63) is 57.6 Å². The summed E-state index contributed by atoms with van der Waals surface area (Å²) in [6.45, 7) is -3.65. The van der Waals surface area contributed by atoms with Gasteiger partial charge >= 0.3 is 0 Å². The van der Waals surface area contributed by atoms with Crippen molar-refractivity contribution >= 4 is 0 Å². The molecule has 32 heteroatoms. The van der Waals surface area contributed by atoms with E-state index in [0.717, 1.165) is 0 Å². The third-order valence-electron chi connectivity index (χ3n) is 11.2. The van der Waals surface area contributed by atoms with E-state index >= 15 is 0 Å². The number of ether oxygens (including phenoxy) is 7. The molecule has 15 unspecified atom stereocenters. The van der Waals surface area contributed by atoms with Gasteiger partial charge in [-0.2, -0.15) is 0 Å². The van der Waals surface area contributed by atoms with E-state index in [1.165, 1.54) is 5.01 Å². The van der Waals surface area contributed by atoms with Gasteiger partial charge in [-0.25, -0.2) is 5.01 Å². The van der Waals surface area contributed by atoms with Crippen LogP contribution < -0.4 is 5.84 Å². The molecule has 4 rings (SSSR count). The Morgan fingerprint density at radius 1 is 0.361 bits per heavy atom. The number of hydrazine groups is 1. The zero-order valence-corrected chi connectivity index (χ0v) is 38.4. The van der Waals surface area contributed by atoms with Crippen LogP contribution in [0.5, 0.6) is 0 Å². The zero-order valence-electron chi connectivity index (χ0n) is 38.4. The van der Waals surface area contributed by atoms with Crippen LogP contribution in [0.4, 0.5) is 0 Å². The Morgan fingerprint density at radius 3 is 0.931 bits per heavy atom. The van der Waals surface area contributed by atoms with Crippen LogP contribution in [-0.4, -0.2) is 281 Å². The quantitative estimate of drug-likeness (QED) is 0.0810. The maximum absolute atomic E-state index is 11.4. The minimum atomic E-state index is -2.79. The third-order valence-corrected chi connectivity index (χ3v) is 11.2. The SMILES string of the molecule is NN1CCN(CC2OC3OC(CCO)/C(O)=C(\O)C(O)OC(CCO)/C(O)=C(\O)C(O)OC(CCO)/C(O)=C(/O)C(O)OC(CCO)/C(O)=C(/O)C(O)OC(CCO)/C(O)=C(\O)C(O)OC2C(O)C3O)CC1. The molecule has 0 radical (unpaired) electrons. The van der Waals surface area contributed by atoms with E-state index in [9.17, 15) is 112 Å². The van der Waals surface area contributed by atoms with Crippen LogP contribution in [-0.2, 0) is 33.2 Å². The molecule has 2 fully saturated rings. The minimum absolute atomic E-state index is 0.236. The van der Waals surface area contributed by atoms with Crippen molar-refractivity contribution in [3.63, 3.8) is 0 Å². The highest BCUT2D eigenvalue weighted by atomic mass is 16.7. The van der Waals surface area contributed by atoms with E-state index in [4.69, 9.17) is 39.0 Å². The van der Waals surface area contributed by atoms with Gasteiger partial charge < -0.3 is 146 Å². The van der Waals surface area contributed by atoms with E-state index in [-0.39, 0.29) is 19.6 Å². The third kappa shape index (κ3) is 16.7. The summed E-state index contributed by atoms with van der Waals surface area (Å²) >= 11 is 0. The van der Waals surface area contributed by atoms with E-state index in [1.807, 2.05) is 0 Å². The first-order valence-corrected chi connectivity index (χ1v) is 22.2. The van der Waals surface area contributed by atoms with Crippen LogP contribution in [0.25, 0.3) is 0 Å². The molecule has 0 aromatic carbocycles. The molecule has 4 heterocycles. The molecular weight excluding hydrogens is 986 g/mol. The van der Waals surface area contributed by atoms with Crippen molar-refractivity contribution < 1.29 is 146 Å². The van der Waals surface area contributed by atoms with Crippen molar-refractivity contribution in [2.24, 2.45) is 5.84 Å². The lowest BCUT2D eigenvalue weighted by Gasteiger charge is -2.45. The van der Waals surface area contributed by atoms with Crippen molar-refractivity contribution in [2.75, 3.05) is 65.8 Å². The number of nitrogens with zero attached hydrogens (tertiary/aromatic N) is 2. The molecule has 24 N–H and O–H groups in total. The molecule has 0 amide bonds.